The molecule has 0 radical (unpaired) electrons. The highest BCUT2D eigenvalue weighted by molar-refractivity contribution is 9.10. The van der Waals surface area contributed by atoms with Crippen molar-refractivity contribution in [1.29, 1.82) is 0 Å². The van der Waals surface area contributed by atoms with E-state index >= 15 is 0 Å². The second-order valence-corrected chi connectivity index (χ2v) is 5.74. The van der Waals surface area contributed by atoms with Crippen molar-refractivity contribution in [2.45, 2.75) is 13.2 Å². The topological polar surface area (TPSA) is 67.8 Å². The lowest BCUT2D eigenvalue weighted by molar-refractivity contribution is 0.107. The molecular formula is C15H14BrClN2O2. The van der Waals surface area contributed by atoms with Gasteiger partial charge in [-0.25, -0.2) is 0 Å². The minimum absolute atomic E-state index is 0.0264. The van der Waals surface area contributed by atoms with E-state index in [1.165, 1.54) is 0 Å². The largest absolute Gasteiger partial charge is 0.409 e. The van der Waals surface area contributed by atoms with Crippen LogP contribution in [-0.4, -0.2) is 11.0 Å². The molecule has 0 atom stereocenters. The van der Waals surface area contributed by atoms with Gasteiger partial charge in [-0.05, 0) is 29.3 Å². The van der Waals surface area contributed by atoms with Crippen LogP contribution in [0.5, 0.6) is 0 Å². The molecule has 0 amide bonds. The van der Waals surface area contributed by atoms with Gasteiger partial charge in [0.25, 0.3) is 0 Å². The highest BCUT2D eigenvalue weighted by Crippen LogP contribution is 2.20. The fourth-order valence-corrected chi connectivity index (χ4v) is 2.47. The lowest BCUT2D eigenvalue weighted by atomic mass is 10.1. The van der Waals surface area contributed by atoms with Gasteiger partial charge in [-0.15, -0.1) is 0 Å². The molecule has 0 saturated heterocycles. The van der Waals surface area contributed by atoms with Gasteiger partial charge in [-0.3, -0.25) is 0 Å². The van der Waals surface area contributed by atoms with Crippen LogP contribution in [0.15, 0.2) is 52.1 Å². The first-order valence-electron chi connectivity index (χ1n) is 6.18. The number of oxime groups is 1. The number of hydrogen-bond acceptors (Lipinski definition) is 3. The molecule has 0 aromatic heterocycles. The molecule has 2 aromatic rings. The van der Waals surface area contributed by atoms with Gasteiger partial charge in [0.05, 0.1) is 13.2 Å². The molecule has 6 heteroatoms. The van der Waals surface area contributed by atoms with Crippen molar-refractivity contribution in [3.8, 4) is 0 Å². The summed E-state index contributed by atoms with van der Waals surface area (Å²) in [5.74, 6) is 0.0264. The summed E-state index contributed by atoms with van der Waals surface area (Å²) in [5, 5.41) is 12.1. The third kappa shape index (κ3) is 4.46. The second-order valence-electron chi connectivity index (χ2n) is 4.41. The molecule has 0 aliphatic carbocycles. The van der Waals surface area contributed by atoms with Gasteiger partial charge in [-0.1, -0.05) is 57.0 Å². The van der Waals surface area contributed by atoms with Gasteiger partial charge >= 0.3 is 0 Å². The van der Waals surface area contributed by atoms with E-state index in [1.807, 2.05) is 24.3 Å². The first-order valence-corrected chi connectivity index (χ1v) is 7.36. The van der Waals surface area contributed by atoms with Crippen molar-refractivity contribution in [1.82, 2.24) is 0 Å². The van der Waals surface area contributed by atoms with Gasteiger partial charge in [0, 0.05) is 15.1 Å². The van der Waals surface area contributed by atoms with Gasteiger partial charge in [0.2, 0.25) is 0 Å². The number of ether oxygens (including phenoxy) is 1. The van der Waals surface area contributed by atoms with Crippen molar-refractivity contribution < 1.29 is 9.94 Å². The van der Waals surface area contributed by atoms with Gasteiger partial charge in [-0.2, -0.15) is 0 Å². The Labute approximate surface area is 136 Å². The maximum Gasteiger partial charge on any atom is 0.170 e. The standard InChI is InChI=1S/C15H14BrClN2O2/c16-13-3-1-2-10(6-13)8-21-9-12-5-4-11(7-14(12)17)15(18)19-20/h1-7,20H,8-9H2,(H2,18,19). The van der Waals surface area contributed by atoms with Crippen molar-refractivity contribution in [2.75, 3.05) is 0 Å². The Morgan fingerprint density at radius 3 is 2.71 bits per heavy atom. The number of amidine groups is 1. The predicted octanol–water partition coefficient (Wildman–Crippen LogP) is 3.91. The highest BCUT2D eigenvalue weighted by Gasteiger charge is 2.05. The zero-order chi connectivity index (χ0) is 15.2. The normalized spacial score (nSPS) is 11.6. The first kappa shape index (κ1) is 15.8. The van der Waals surface area contributed by atoms with Gasteiger partial charge in [0.1, 0.15) is 0 Å². The average Bonchev–Trinajstić information content (AvgIpc) is 2.48. The Balaban J connectivity index is 1.97. The fourth-order valence-electron chi connectivity index (χ4n) is 1.79. The Bertz CT molecular complexity index is 662. The molecule has 0 fully saturated rings. The zero-order valence-corrected chi connectivity index (χ0v) is 13.4. The van der Waals surface area contributed by atoms with E-state index in [1.54, 1.807) is 18.2 Å². The minimum Gasteiger partial charge on any atom is -0.409 e. The second kappa shape index (κ2) is 7.45. The maximum absolute atomic E-state index is 8.63. The molecule has 0 saturated carbocycles. The highest BCUT2D eigenvalue weighted by atomic mass is 79.9. The summed E-state index contributed by atoms with van der Waals surface area (Å²) in [5.41, 5.74) is 8.00. The Morgan fingerprint density at radius 2 is 2.05 bits per heavy atom. The molecule has 0 bridgehead atoms. The molecule has 4 nitrogen and oxygen atoms in total. The molecule has 0 aliphatic heterocycles. The summed E-state index contributed by atoms with van der Waals surface area (Å²) in [4.78, 5) is 0. The van der Waals surface area contributed by atoms with E-state index in [2.05, 4.69) is 21.1 Å². The van der Waals surface area contributed by atoms with Crippen molar-refractivity contribution in [2.24, 2.45) is 10.9 Å². The van der Waals surface area contributed by atoms with Crippen LogP contribution in [0.25, 0.3) is 0 Å². The first-order chi connectivity index (χ1) is 10.1. The summed E-state index contributed by atoms with van der Waals surface area (Å²) in [6.07, 6.45) is 0. The van der Waals surface area contributed by atoms with E-state index in [9.17, 15) is 0 Å². The fraction of sp³-hybridized carbons (Fsp3) is 0.133. The molecule has 21 heavy (non-hydrogen) atoms. The quantitative estimate of drug-likeness (QED) is 0.363. The molecule has 0 heterocycles. The number of rotatable bonds is 5. The van der Waals surface area contributed by atoms with E-state index in [0.29, 0.717) is 23.8 Å². The molecule has 0 aliphatic rings. The Hall–Kier alpha value is -1.56. The van der Waals surface area contributed by atoms with Crippen LogP contribution < -0.4 is 5.73 Å². The van der Waals surface area contributed by atoms with E-state index in [4.69, 9.17) is 27.3 Å². The third-order valence-electron chi connectivity index (χ3n) is 2.87. The number of halogens is 2. The van der Waals surface area contributed by atoms with Crippen LogP contribution in [0.4, 0.5) is 0 Å². The Kier molecular flexibility index (Phi) is 5.61. The molecule has 2 rings (SSSR count). The maximum atomic E-state index is 8.63. The van der Waals surface area contributed by atoms with Crippen LogP contribution in [0.1, 0.15) is 16.7 Å². The van der Waals surface area contributed by atoms with E-state index < -0.39 is 0 Å². The van der Waals surface area contributed by atoms with Crippen molar-refractivity contribution in [3.05, 3.63) is 68.7 Å². The molecule has 0 unspecified atom stereocenters. The number of hydrogen-bond donors (Lipinski definition) is 2. The molecule has 3 N–H and O–H groups in total. The van der Waals surface area contributed by atoms with Crippen molar-refractivity contribution >= 4 is 33.4 Å². The molecule has 110 valence electrons. The predicted molar refractivity (Wildman–Crippen MR) is 86.6 cm³/mol. The summed E-state index contributed by atoms with van der Waals surface area (Å²) in [7, 11) is 0. The molecular weight excluding hydrogens is 356 g/mol. The summed E-state index contributed by atoms with van der Waals surface area (Å²) in [6.45, 7) is 0.888. The summed E-state index contributed by atoms with van der Waals surface area (Å²) in [6, 6.07) is 13.1. The molecule has 2 aromatic carbocycles. The lowest BCUT2D eigenvalue weighted by Gasteiger charge is -2.08. The monoisotopic (exact) mass is 368 g/mol. The number of nitrogens with zero attached hydrogens (tertiary/aromatic N) is 1. The van der Waals surface area contributed by atoms with Gasteiger partial charge in [0.15, 0.2) is 5.84 Å². The van der Waals surface area contributed by atoms with Crippen molar-refractivity contribution in [3.63, 3.8) is 0 Å². The SMILES string of the molecule is N/C(=N/O)c1ccc(COCc2cccc(Br)c2)c(Cl)c1. The smallest absolute Gasteiger partial charge is 0.170 e. The zero-order valence-electron chi connectivity index (χ0n) is 11.1. The molecule has 0 spiro atoms. The van der Waals surface area contributed by atoms with Crippen LogP contribution in [0.2, 0.25) is 5.02 Å². The number of benzene rings is 2. The van der Waals surface area contributed by atoms with E-state index in [0.717, 1.165) is 15.6 Å². The average molecular weight is 370 g/mol. The van der Waals surface area contributed by atoms with E-state index in [-0.39, 0.29) is 5.84 Å². The summed E-state index contributed by atoms with van der Waals surface area (Å²) < 4.78 is 6.67. The van der Waals surface area contributed by atoms with Crippen LogP contribution >= 0.6 is 27.5 Å². The Morgan fingerprint density at radius 1 is 1.24 bits per heavy atom. The minimum atomic E-state index is 0.0264. The van der Waals surface area contributed by atoms with Crippen LogP contribution in [0.3, 0.4) is 0 Å². The van der Waals surface area contributed by atoms with Crippen LogP contribution in [-0.2, 0) is 18.0 Å². The lowest BCUT2D eigenvalue weighted by Crippen LogP contribution is -2.13. The van der Waals surface area contributed by atoms with Gasteiger partial charge < -0.3 is 15.7 Å². The third-order valence-corrected chi connectivity index (χ3v) is 3.72. The number of nitrogens with two attached hydrogens (primary N) is 1. The van der Waals surface area contributed by atoms with Crippen LogP contribution in [0, 0.1) is 0 Å². The summed E-state index contributed by atoms with van der Waals surface area (Å²) >= 11 is 9.58.